The van der Waals surface area contributed by atoms with E-state index < -0.39 is 5.97 Å². The van der Waals surface area contributed by atoms with Gasteiger partial charge in [-0.1, -0.05) is 0 Å². The summed E-state index contributed by atoms with van der Waals surface area (Å²) in [5.74, 6) is -0.557. The zero-order valence-corrected chi connectivity index (χ0v) is 9.17. The van der Waals surface area contributed by atoms with Crippen LogP contribution in [0.2, 0.25) is 0 Å². The number of rotatable bonds is 4. The van der Waals surface area contributed by atoms with Crippen molar-refractivity contribution in [3.63, 3.8) is 0 Å². The number of furan rings is 1. The molecule has 2 aromatic rings. The summed E-state index contributed by atoms with van der Waals surface area (Å²) in [5, 5.41) is 7.89. The van der Waals surface area contributed by atoms with E-state index in [1.54, 1.807) is 6.07 Å². The number of ketones is 1. The Morgan fingerprint density at radius 3 is 3.06 bits per heavy atom. The number of fused-ring (bicyclic) bond motifs is 1. The summed E-state index contributed by atoms with van der Waals surface area (Å²) in [4.78, 5) is 22.4. The number of hydrogen-bond donors (Lipinski definition) is 0. The van der Waals surface area contributed by atoms with Gasteiger partial charge in [-0.25, -0.2) is 4.79 Å². The average Bonchev–Trinajstić information content (AvgIpc) is 2.72. The quantitative estimate of drug-likeness (QED) is 0.743. The van der Waals surface area contributed by atoms with Crippen LogP contribution in [0.4, 0.5) is 0 Å². The molecule has 2 aromatic heterocycles. The molecule has 0 aromatic carbocycles. The van der Waals surface area contributed by atoms with Gasteiger partial charge in [-0.15, -0.1) is 5.10 Å². The Labute approximate surface area is 96.6 Å². The van der Waals surface area contributed by atoms with Crippen LogP contribution in [-0.2, 0) is 9.53 Å². The first-order valence-corrected chi connectivity index (χ1v) is 5.04. The molecule has 0 radical (unpaired) electrons. The molecule has 2 heterocycles. The van der Waals surface area contributed by atoms with Gasteiger partial charge < -0.3 is 9.15 Å². The second-order valence-electron chi connectivity index (χ2n) is 3.49. The molecule has 0 spiro atoms. The van der Waals surface area contributed by atoms with Crippen molar-refractivity contribution in [2.75, 3.05) is 6.61 Å². The molecule has 0 aliphatic rings. The highest BCUT2D eigenvalue weighted by Gasteiger charge is 2.15. The lowest BCUT2D eigenvalue weighted by Gasteiger charge is -2.00. The standard InChI is InChI=1S/C11H10N2O4/c1-7(14)3-5-16-11(15)9-6-17-10-8(9)2-4-12-13-10/h2,4,6H,3,5H2,1H3. The summed E-state index contributed by atoms with van der Waals surface area (Å²) >= 11 is 0. The fourth-order valence-corrected chi connectivity index (χ4v) is 1.31. The summed E-state index contributed by atoms with van der Waals surface area (Å²) in [6, 6.07) is 1.62. The molecule has 0 amide bonds. The van der Waals surface area contributed by atoms with E-state index in [0.717, 1.165) is 0 Å². The molecular weight excluding hydrogens is 224 g/mol. The molecule has 6 nitrogen and oxygen atoms in total. The molecule has 0 saturated heterocycles. The Morgan fingerprint density at radius 2 is 2.29 bits per heavy atom. The van der Waals surface area contributed by atoms with Crippen molar-refractivity contribution in [1.29, 1.82) is 0 Å². The SMILES string of the molecule is CC(=O)CCOC(=O)c1coc2nnccc12. The van der Waals surface area contributed by atoms with Gasteiger partial charge >= 0.3 is 5.97 Å². The van der Waals surface area contributed by atoms with Crippen LogP contribution >= 0.6 is 0 Å². The number of nitrogens with zero attached hydrogens (tertiary/aromatic N) is 2. The number of Topliss-reactive ketones (excluding diaryl/α,β-unsaturated/α-hetero) is 1. The van der Waals surface area contributed by atoms with E-state index >= 15 is 0 Å². The number of aromatic nitrogens is 2. The first-order chi connectivity index (χ1) is 8.18. The van der Waals surface area contributed by atoms with E-state index in [-0.39, 0.29) is 24.5 Å². The lowest BCUT2D eigenvalue weighted by atomic mass is 10.2. The van der Waals surface area contributed by atoms with Crippen LogP contribution in [-0.4, -0.2) is 28.6 Å². The van der Waals surface area contributed by atoms with Crippen molar-refractivity contribution in [2.45, 2.75) is 13.3 Å². The fourth-order valence-electron chi connectivity index (χ4n) is 1.31. The summed E-state index contributed by atoms with van der Waals surface area (Å²) < 4.78 is 9.99. The summed E-state index contributed by atoms with van der Waals surface area (Å²) in [7, 11) is 0. The summed E-state index contributed by atoms with van der Waals surface area (Å²) in [6.45, 7) is 1.51. The molecule has 0 saturated carbocycles. The Kier molecular flexibility index (Phi) is 3.13. The van der Waals surface area contributed by atoms with Gasteiger partial charge in [-0.2, -0.15) is 5.10 Å². The molecule has 0 fully saturated rings. The molecule has 2 rings (SSSR count). The third-order valence-electron chi connectivity index (χ3n) is 2.17. The third kappa shape index (κ3) is 2.47. The number of carbonyl (C=O) groups is 2. The van der Waals surface area contributed by atoms with Gasteiger partial charge in [0, 0.05) is 6.42 Å². The normalized spacial score (nSPS) is 10.4. The number of esters is 1. The van der Waals surface area contributed by atoms with E-state index in [2.05, 4.69) is 10.2 Å². The van der Waals surface area contributed by atoms with Crippen molar-refractivity contribution in [1.82, 2.24) is 10.2 Å². The minimum absolute atomic E-state index is 0.0271. The van der Waals surface area contributed by atoms with Crippen LogP contribution in [0, 0.1) is 0 Å². The number of hydrogen-bond acceptors (Lipinski definition) is 6. The molecule has 0 bridgehead atoms. The van der Waals surface area contributed by atoms with Crippen molar-refractivity contribution in [3.05, 3.63) is 24.1 Å². The predicted molar refractivity (Wildman–Crippen MR) is 57.4 cm³/mol. The number of ether oxygens (including phenoxy) is 1. The molecule has 0 atom stereocenters. The molecule has 17 heavy (non-hydrogen) atoms. The van der Waals surface area contributed by atoms with Gasteiger partial charge in [0.15, 0.2) is 0 Å². The van der Waals surface area contributed by atoms with Gasteiger partial charge in [0.2, 0.25) is 5.71 Å². The topological polar surface area (TPSA) is 82.3 Å². The monoisotopic (exact) mass is 234 g/mol. The Bertz CT molecular complexity index is 561. The van der Waals surface area contributed by atoms with Crippen LogP contribution in [0.25, 0.3) is 11.1 Å². The van der Waals surface area contributed by atoms with E-state index in [0.29, 0.717) is 10.9 Å². The van der Waals surface area contributed by atoms with Gasteiger partial charge in [0.1, 0.15) is 17.6 Å². The van der Waals surface area contributed by atoms with Gasteiger partial charge in [-0.05, 0) is 13.0 Å². The maximum atomic E-state index is 11.7. The van der Waals surface area contributed by atoms with Crippen molar-refractivity contribution in [3.8, 4) is 0 Å². The van der Waals surface area contributed by atoms with Gasteiger partial charge in [0.25, 0.3) is 0 Å². The second kappa shape index (κ2) is 4.73. The first kappa shape index (κ1) is 11.3. The molecular formula is C11H10N2O4. The zero-order chi connectivity index (χ0) is 12.3. The molecule has 88 valence electrons. The Balaban J connectivity index is 2.11. The van der Waals surface area contributed by atoms with Gasteiger partial charge in [-0.3, -0.25) is 4.79 Å². The molecule has 0 aliphatic carbocycles. The highest BCUT2D eigenvalue weighted by Crippen LogP contribution is 2.18. The van der Waals surface area contributed by atoms with E-state index in [9.17, 15) is 9.59 Å². The lowest BCUT2D eigenvalue weighted by molar-refractivity contribution is -0.117. The van der Waals surface area contributed by atoms with Crippen LogP contribution in [0.1, 0.15) is 23.7 Å². The van der Waals surface area contributed by atoms with E-state index in [4.69, 9.17) is 9.15 Å². The highest BCUT2D eigenvalue weighted by atomic mass is 16.5. The van der Waals surface area contributed by atoms with Gasteiger partial charge in [0.05, 0.1) is 18.2 Å². The summed E-state index contributed by atoms with van der Waals surface area (Å²) in [6.07, 6.45) is 2.95. The maximum Gasteiger partial charge on any atom is 0.342 e. The smallest absolute Gasteiger partial charge is 0.342 e. The van der Waals surface area contributed by atoms with Crippen LogP contribution in [0.15, 0.2) is 22.9 Å². The largest absolute Gasteiger partial charge is 0.462 e. The van der Waals surface area contributed by atoms with E-state index in [1.807, 2.05) is 0 Å². The lowest BCUT2D eigenvalue weighted by Crippen LogP contribution is -2.08. The Hall–Kier alpha value is -2.24. The van der Waals surface area contributed by atoms with Crippen molar-refractivity contribution < 1.29 is 18.7 Å². The molecule has 6 heteroatoms. The van der Waals surface area contributed by atoms with Crippen LogP contribution < -0.4 is 0 Å². The first-order valence-electron chi connectivity index (χ1n) is 5.04. The molecule has 0 N–H and O–H groups in total. The summed E-state index contributed by atoms with van der Waals surface area (Å²) in [5.41, 5.74) is 0.574. The van der Waals surface area contributed by atoms with Crippen molar-refractivity contribution >= 4 is 22.9 Å². The molecule has 0 unspecified atom stereocenters. The Morgan fingerprint density at radius 1 is 1.47 bits per heavy atom. The molecule has 0 aliphatic heterocycles. The average molecular weight is 234 g/mol. The second-order valence-corrected chi connectivity index (χ2v) is 3.49. The predicted octanol–water partition coefficient (Wildman–Crippen LogP) is 1.36. The zero-order valence-electron chi connectivity index (χ0n) is 9.17. The highest BCUT2D eigenvalue weighted by molar-refractivity contribution is 6.02. The minimum atomic E-state index is -0.530. The number of carbonyl (C=O) groups excluding carboxylic acids is 2. The fraction of sp³-hybridized carbons (Fsp3) is 0.273. The van der Waals surface area contributed by atoms with E-state index in [1.165, 1.54) is 19.4 Å². The minimum Gasteiger partial charge on any atom is -0.462 e. The van der Waals surface area contributed by atoms with Crippen LogP contribution in [0.5, 0.6) is 0 Å². The third-order valence-corrected chi connectivity index (χ3v) is 2.17. The van der Waals surface area contributed by atoms with Crippen molar-refractivity contribution in [2.24, 2.45) is 0 Å². The van der Waals surface area contributed by atoms with Crippen LogP contribution in [0.3, 0.4) is 0 Å². The maximum absolute atomic E-state index is 11.7.